The number of nitrogens with one attached hydrogen (secondary N) is 2. The molecule has 7 nitrogen and oxygen atoms in total. The monoisotopic (exact) mass is 367 g/mol. The van der Waals surface area contributed by atoms with Gasteiger partial charge < -0.3 is 16.0 Å². The van der Waals surface area contributed by atoms with Gasteiger partial charge in [-0.25, -0.2) is 4.79 Å². The van der Waals surface area contributed by atoms with Crippen LogP contribution in [0.3, 0.4) is 0 Å². The third-order valence-corrected chi connectivity index (χ3v) is 4.83. The highest BCUT2D eigenvalue weighted by Crippen LogP contribution is 2.29. The summed E-state index contributed by atoms with van der Waals surface area (Å²) in [7, 11) is 0. The summed E-state index contributed by atoms with van der Waals surface area (Å²) in [5.74, 6) is 0.196. The van der Waals surface area contributed by atoms with Crippen molar-refractivity contribution in [3.8, 4) is 0 Å². The molecule has 1 heterocycles. The van der Waals surface area contributed by atoms with Gasteiger partial charge in [0.2, 0.25) is 0 Å². The zero-order chi connectivity index (χ0) is 18.6. The van der Waals surface area contributed by atoms with Gasteiger partial charge >= 0.3 is 5.69 Å². The summed E-state index contributed by atoms with van der Waals surface area (Å²) in [6.45, 7) is 6.51. The minimum Gasteiger partial charge on any atom is -0.383 e. The molecule has 1 aliphatic carbocycles. The second-order valence-corrected chi connectivity index (χ2v) is 7.30. The minimum absolute atomic E-state index is 0.124. The summed E-state index contributed by atoms with van der Waals surface area (Å²) < 4.78 is 1.44. The number of aromatic amines is 1. The van der Waals surface area contributed by atoms with E-state index in [9.17, 15) is 9.59 Å². The van der Waals surface area contributed by atoms with Gasteiger partial charge in [-0.3, -0.25) is 14.3 Å². The molecule has 0 aromatic carbocycles. The summed E-state index contributed by atoms with van der Waals surface area (Å²) in [4.78, 5) is 29.0. The number of rotatable bonds is 6. The van der Waals surface area contributed by atoms with Crippen LogP contribution >= 0.6 is 12.2 Å². The summed E-state index contributed by atoms with van der Waals surface area (Å²) in [6, 6.07) is 0.266. The number of hydrogen-bond acceptors (Lipinski definition) is 4. The standard InChI is InChI=1S/C17H29N5O2S/c1-4-5-10-21-14(18)13(15(23)20-16(21)24)22(12-8-6-7-9-12)17(25)19-11(2)3/h11-12H,4-10,18H2,1-3H3,(H,19,25)(H,20,23,24). The van der Waals surface area contributed by atoms with Crippen LogP contribution in [0.2, 0.25) is 0 Å². The first-order valence-corrected chi connectivity index (χ1v) is 9.50. The smallest absolute Gasteiger partial charge is 0.330 e. The van der Waals surface area contributed by atoms with Crippen LogP contribution in [0, 0.1) is 0 Å². The zero-order valence-electron chi connectivity index (χ0n) is 15.3. The third-order valence-electron chi connectivity index (χ3n) is 4.51. The molecule has 0 bridgehead atoms. The van der Waals surface area contributed by atoms with Gasteiger partial charge in [0, 0.05) is 18.6 Å². The van der Waals surface area contributed by atoms with E-state index in [1.54, 1.807) is 0 Å². The van der Waals surface area contributed by atoms with Gasteiger partial charge in [0.25, 0.3) is 5.56 Å². The van der Waals surface area contributed by atoms with Crippen molar-refractivity contribution in [3.63, 3.8) is 0 Å². The van der Waals surface area contributed by atoms with Crippen LogP contribution in [0.5, 0.6) is 0 Å². The number of nitrogen functional groups attached to an aromatic ring is 1. The largest absolute Gasteiger partial charge is 0.383 e. The lowest BCUT2D eigenvalue weighted by Gasteiger charge is -2.33. The van der Waals surface area contributed by atoms with Crippen LogP contribution in [0.4, 0.5) is 11.5 Å². The molecule has 1 aliphatic rings. The first-order chi connectivity index (χ1) is 11.9. The van der Waals surface area contributed by atoms with E-state index in [4.69, 9.17) is 18.0 Å². The molecule has 0 radical (unpaired) electrons. The molecule has 1 saturated carbocycles. The van der Waals surface area contributed by atoms with Gasteiger partial charge in [0.1, 0.15) is 5.82 Å². The summed E-state index contributed by atoms with van der Waals surface area (Å²) in [6.07, 6.45) is 5.84. The van der Waals surface area contributed by atoms with Crippen LogP contribution in [-0.2, 0) is 6.54 Å². The number of anilines is 2. The van der Waals surface area contributed by atoms with Crippen molar-refractivity contribution in [1.82, 2.24) is 14.9 Å². The summed E-state index contributed by atoms with van der Waals surface area (Å²) in [5, 5.41) is 3.70. The van der Waals surface area contributed by atoms with E-state index >= 15 is 0 Å². The van der Waals surface area contributed by atoms with E-state index < -0.39 is 11.2 Å². The molecule has 1 aromatic rings. The van der Waals surface area contributed by atoms with Crippen LogP contribution < -0.4 is 27.2 Å². The Morgan fingerprint density at radius 1 is 1.40 bits per heavy atom. The Balaban J connectivity index is 2.53. The number of aromatic nitrogens is 2. The fraction of sp³-hybridized carbons (Fsp3) is 0.706. The molecular formula is C17H29N5O2S. The fourth-order valence-electron chi connectivity index (χ4n) is 3.28. The van der Waals surface area contributed by atoms with E-state index in [2.05, 4.69) is 10.3 Å². The van der Waals surface area contributed by atoms with Crippen LogP contribution in [0.15, 0.2) is 9.59 Å². The Labute approximate surface area is 153 Å². The van der Waals surface area contributed by atoms with Gasteiger partial charge in [-0.1, -0.05) is 26.2 Å². The van der Waals surface area contributed by atoms with E-state index in [1.807, 2.05) is 25.7 Å². The molecule has 140 valence electrons. The zero-order valence-corrected chi connectivity index (χ0v) is 16.1. The summed E-state index contributed by atoms with van der Waals surface area (Å²) in [5.41, 5.74) is 5.63. The first-order valence-electron chi connectivity index (χ1n) is 9.09. The Bertz CT molecular complexity index is 719. The van der Waals surface area contributed by atoms with E-state index in [0.717, 1.165) is 38.5 Å². The Hall–Kier alpha value is -1.83. The van der Waals surface area contributed by atoms with Crippen LogP contribution in [0.25, 0.3) is 0 Å². The SMILES string of the molecule is CCCCn1c(N)c(N(C(=S)NC(C)C)C2CCCC2)c(=O)[nH]c1=O. The van der Waals surface area contributed by atoms with Crippen LogP contribution in [0.1, 0.15) is 59.3 Å². The number of nitrogens with zero attached hydrogens (tertiary/aromatic N) is 2. The second kappa shape index (κ2) is 8.51. The maximum Gasteiger partial charge on any atom is 0.330 e. The van der Waals surface area contributed by atoms with Crippen molar-refractivity contribution in [1.29, 1.82) is 0 Å². The molecule has 0 spiro atoms. The molecular weight excluding hydrogens is 338 g/mol. The average molecular weight is 368 g/mol. The quantitative estimate of drug-likeness (QED) is 0.665. The molecule has 0 atom stereocenters. The van der Waals surface area contributed by atoms with E-state index in [1.165, 1.54) is 4.57 Å². The van der Waals surface area contributed by atoms with E-state index in [0.29, 0.717) is 17.3 Å². The topological polar surface area (TPSA) is 96.2 Å². The number of nitrogens with two attached hydrogens (primary N) is 1. The molecule has 0 saturated heterocycles. The number of unbranched alkanes of at least 4 members (excludes halogenated alkanes) is 1. The molecule has 8 heteroatoms. The maximum absolute atomic E-state index is 12.6. The predicted molar refractivity (Wildman–Crippen MR) is 106 cm³/mol. The highest BCUT2D eigenvalue weighted by molar-refractivity contribution is 7.80. The van der Waals surface area contributed by atoms with Gasteiger partial charge in [0.15, 0.2) is 10.8 Å². The number of H-pyrrole nitrogens is 1. The van der Waals surface area contributed by atoms with Crippen molar-refractivity contribution in [2.24, 2.45) is 0 Å². The highest BCUT2D eigenvalue weighted by atomic mass is 32.1. The first kappa shape index (κ1) is 19.5. The van der Waals surface area contributed by atoms with Crippen molar-refractivity contribution in [2.45, 2.75) is 77.9 Å². The number of hydrogen-bond donors (Lipinski definition) is 3. The maximum atomic E-state index is 12.6. The fourth-order valence-corrected chi connectivity index (χ4v) is 3.75. The second-order valence-electron chi connectivity index (χ2n) is 6.91. The molecule has 1 fully saturated rings. The van der Waals surface area contributed by atoms with Crippen molar-refractivity contribution < 1.29 is 0 Å². The van der Waals surface area contributed by atoms with Gasteiger partial charge in [-0.2, -0.15) is 0 Å². The van der Waals surface area contributed by atoms with Crippen molar-refractivity contribution in [2.75, 3.05) is 10.6 Å². The van der Waals surface area contributed by atoms with E-state index in [-0.39, 0.29) is 17.9 Å². The summed E-state index contributed by atoms with van der Waals surface area (Å²) >= 11 is 5.57. The molecule has 0 aliphatic heterocycles. The van der Waals surface area contributed by atoms with Gasteiger partial charge in [-0.15, -0.1) is 0 Å². The molecule has 0 amide bonds. The molecule has 25 heavy (non-hydrogen) atoms. The highest BCUT2D eigenvalue weighted by Gasteiger charge is 2.30. The number of thiocarbonyl (C=S) groups is 1. The third kappa shape index (κ3) is 4.42. The van der Waals surface area contributed by atoms with Crippen molar-refractivity contribution >= 4 is 28.8 Å². The lowest BCUT2D eigenvalue weighted by atomic mass is 10.2. The van der Waals surface area contributed by atoms with Gasteiger partial charge in [0.05, 0.1) is 0 Å². The predicted octanol–water partition coefficient (Wildman–Crippen LogP) is 1.95. The molecule has 1 aromatic heterocycles. The Kier molecular flexibility index (Phi) is 6.64. The molecule has 4 N–H and O–H groups in total. The molecule has 0 unspecified atom stereocenters. The van der Waals surface area contributed by atoms with Crippen LogP contribution in [-0.4, -0.2) is 26.7 Å². The van der Waals surface area contributed by atoms with Crippen molar-refractivity contribution in [3.05, 3.63) is 20.8 Å². The van der Waals surface area contributed by atoms with Gasteiger partial charge in [-0.05, 0) is 45.3 Å². The Morgan fingerprint density at radius 3 is 2.60 bits per heavy atom. The Morgan fingerprint density at radius 2 is 2.04 bits per heavy atom. The lowest BCUT2D eigenvalue weighted by molar-refractivity contribution is 0.599. The lowest BCUT2D eigenvalue weighted by Crippen LogP contribution is -2.51. The molecule has 2 rings (SSSR count). The minimum atomic E-state index is -0.477. The average Bonchev–Trinajstić information content (AvgIpc) is 3.04. The normalized spacial score (nSPS) is 14.9.